The molecule has 2 rings (SSSR count). The lowest BCUT2D eigenvalue weighted by Gasteiger charge is -2.19. The van der Waals surface area contributed by atoms with Crippen molar-refractivity contribution in [2.75, 3.05) is 6.61 Å². The van der Waals surface area contributed by atoms with Crippen molar-refractivity contribution >= 4 is 0 Å². The van der Waals surface area contributed by atoms with Gasteiger partial charge in [-0.1, -0.05) is 0 Å². The third kappa shape index (κ3) is 1.35. The van der Waals surface area contributed by atoms with Gasteiger partial charge in [-0.2, -0.15) is 0 Å². The summed E-state index contributed by atoms with van der Waals surface area (Å²) >= 11 is 0. The summed E-state index contributed by atoms with van der Waals surface area (Å²) in [6, 6.07) is 0. The molecule has 0 spiro atoms. The van der Waals surface area contributed by atoms with Crippen molar-refractivity contribution < 1.29 is 19.3 Å². The van der Waals surface area contributed by atoms with Crippen LogP contribution < -0.4 is 0 Å². The van der Waals surface area contributed by atoms with Gasteiger partial charge < -0.3 is 19.3 Å². The van der Waals surface area contributed by atoms with Gasteiger partial charge in [-0.05, 0) is 13.8 Å². The average Bonchev–Trinajstić information content (AvgIpc) is 2.40. The van der Waals surface area contributed by atoms with E-state index in [1.54, 1.807) is 0 Å². The molecule has 2 saturated heterocycles. The highest BCUT2D eigenvalue weighted by Crippen LogP contribution is 2.36. The molecular formula is C8H14O4. The normalized spacial score (nSPS) is 44.8. The molecule has 0 aromatic rings. The molecule has 2 heterocycles. The molecule has 0 unspecified atom stereocenters. The van der Waals surface area contributed by atoms with Crippen LogP contribution in [0.2, 0.25) is 0 Å². The van der Waals surface area contributed by atoms with Crippen LogP contribution in [-0.2, 0) is 14.2 Å². The molecule has 0 aromatic carbocycles. The van der Waals surface area contributed by atoms with Crippen LogP contribution in [0.5, 0.6) is 0 Å². The van der Waals surface area contributed by atoms with E-state index >= 15 is 0 Å². The second kappa shape index (κ2) is 2.67. The minimum absolute atomic E-state index is 0.00264. The van der Waals surface area contributed by atoms with Gasteiger partial charge in [0, 0.05) is 6.42 Å². The van der Waals surface area contributed by atoms with E-state index in [0.717, 1.165) is 6.42 Å². The van der Waals surface area contributed by atoms with Gasteiger partial charge in [0.05, 0.1) is 12.7 Å². The Balaban J connectivity index is 1.97. The summed E-state index contributed by atoms with van der Waals surface area (Å²) in [6.45, 7) is 3.77. The second-order valence-corrected chi connectivity index (χ2v) is 3.72. The van der Waals surface area contributed by atoms with Crippen LogP contribution in [-0.4, -0.2) is 36.0 Å². The fraction of sp³-hybridized carbons (Fsp3) is 1.00. The lowest BCUT2D eigenvalue weighted by atomic mass is 10.2. The predicted octanol–water partition coefficient (Wildman–Crippen LogP) is 0.245. The Labute approximate surface area is 71.4 Å². The summed E-state index contributed by atoms with van der Waals surface area (Å²) in [5.74, 6) is -0.532. The van der Waals surface area contributed by atoms with Gasteiger partial charge in [-0.3, -0.25) is 0 Å². The van der Waals surface area contributed by atoms with Crippen LogP contribution in [0.3, 0.4) is 0 Å². The topological polar surface area (TPSA) is 47.9 Å². The molecule has 0 aromatic heterocycles. The molecule has 2 aliphatic rings. The van der Waals surface area contributed by atoms with Gasteiger partial charge in [-0.25, -0.2) is 0 Å². The molecular weight excluding hydrogens is 160 g/mol. The quantitative estimate of drug-likeness (QED) is 0.619. The number of aliphatic hydroxyl groups excluding tert-OH is 1. The van der Waals surface area contributed by atoms with Crippen LogP contribution in [0, 0.1) is 0 Å². The zero-order valence-electron chi connectivity index (χ0n) is 7.32. The summed E-state index contributed by atoms with van der Waals surface area (Å²) in [7, 11) is 0. The first-order valence-corrected chi connectivity index (χ1v) is 4.23. The fourth-order valence-corrected chi connectivity index (χ4v) is 1.70. The van der Waals surface area contributed by atoms with Crippen molar-refractivity contribution in [1.82, 2.24) is 0 Å². The minimum Gasteiger partial charge on any atom is -0.394 e. The number of aliphatic hydroxyl groups is 1. The largest absolute Gasteiger partial charge is 0.394 e. The zero-order valence-corrected chi connectivity index (χ0v) is 7.32. The van der Waals surface area contributed by atoms with E-state index in [0.29, 0.717) is 0 Å². The molecule has 3 atom stereocenters. The summed E-state index contributed by atoms with van der Waals surface area (Å²) in [5, 5.41) is 8.82. The molecule has 0 saturated carbocycles. The van der Waals surface area contributed by atoms with E-state index in [1.807, 2.05) is 13.8 Å². The smallest absolute Gasteiger partial charge is 0.187 e. The van der Waals surface area contributed by atoms with E-state index in [9.17, 15) is 0 Å². The Kier molecular flexibility index (Phi) is 1.88. The SMILES string of the molecule is CC1(C)O[C@H]2O[C@H](CO)C[C@@H]2O1. The molecule has 2 fully saturated rings. The Bertz CT molecular complexity index is 164. The van der Waals surface area contributed by atoms with Gasteiger partial charge in [0.25, 0.3) is 0 Å². The zero-order chi connectivity index (χ0) is 8.77. The Hall–Kier alpha value is -0.160. The number of hydrogen-bond donors (Lipinski definition) is 1. The number of rotatable bonds is 1. The molecule has 2 aliphatic heterocycles. The molecule has 0 radical (unpaired) electrons. The van der Waals surface area contributed by atoms with Crippen molar-refractivity contribution in [2.24, 2.45) is 0 Å². The van der Waals surface area contributed by atoms with Crippen molar-refractivity contribution in [2.45, 2.75) is 44.6 Å². The molecule has 4 heteroatoms. The monoisotopic (exact) mass is 174 g/mol. The first kappa shape index (κ1) is 8.44. The molecule has 70 valence electrons. The summed E-state index contributed by atoms with van der Waals surface area (Å²) in [5.41, 5.74) is 0. The van der Waals surface area contributed by atoms with Gasteiger partial charge in [0.15, 0.2) is 12.1 Å². The maximum atomic E-state index is 8.82. The van der Waals surface area contributed by atoms with Crippen LogP contribution in [0.1, 0.15) is 20.3 Å². The second-order valence-electron chi connectivity index (χ2n) is 3.72. The minimum atomic E-state index is -0.532. The molecule has 12 heavy (non-hydrogen) atoms. The van der Waals surface area contributed by atoms with E-state index in [-0.39, 0.29) is 25.1 Å². The third-order valence-electron chi connectivity index (χ3n) is 2.16. The number of ether oxygens (including phenoxy) is 3. The third-order valence-corrected chi connectivity index (χ3v) is 2.16. The maximum Gasteiger partial charge on any atom is 0.187 e. The Morgan fingerprint density at radius 3 is 2.75 bits per heavy atom. The number of fused-ring (bicyclic) bond motifs is 1. The maximum absolute atomic E-state index is 8.82. The van der Waals surface area contributed by atoms with Crippen molar-refractivity contribution in [3.63, 3.8) is 0 Å². The van der Waals surface area contributed by atoms with Crippen LogP contribution in [0.25, 0.3) is 0 Å². The summed E-state index contributed by atoms with van der Waals surface area (Å²) in [4.78, 5) is 0. The van der Waals surface area contributed by atoms with Gasteiger partial charge in [-0.15, -0.1) is 0 Å². The lowest BCUT2D eigenvalue weighted by molar-refractivity contribution is -0.207. The molecule has 4 nitrogen and oxygen atoms in total. The van der Waals surface area contributed by atoms with Crippen molar-refractivity contribution in [1.29, 1.82) is 0 Å². The first-order valence-electron chi connectivity index (χ1n) is 4.23. The lowest BCUT2D eigenvalue weighted by Crippen LogP contribution is -2.25. The summed E-state index contributed by atoms with van der Waals surface area (Å²) in [6.07, 6.45) is 0.329. The van der Waals surface area contributed by atoms with E-state index in [4.69, 9.17) is 19.3 Å². The van der Waals surface area contributed by atoms with Gasteiger partial charge >= 0.3 is 0 Å². The van der Waals surface area contributed by atoms with Gasteiger partial charge in [0.2, 0.25) is 0 Å². The molecule has 1 N–H and O–H groups in total. The van der Waals surface area contributed by atoms with E-state index in [1.165, 1.54) is 0 Å². The molecule has 0 aliphatic carbocycles. The van der Waals surface area contributed by atoms with E-state index < -0.39 is 5.79 Å². The fourth-order valence-electron chi connectivity index (χ4n) is 1.70. The number of hydrogen-bond acceptors (Lipinski definition) is 4. The van der Waals surface area contributed by atoms with Crippen LogP contribution in [0.4, 0.5) is 0 Å². The highest BCUT2D eigenvalue weighted by Gasteiger charge is 2.48. The van der Waals surface area contributed by atoms with Crippen molar-refractivity contribution in [3.05, 3.63) is 0 Å². The van der Waals surface area contributed by atoms with Crippen molar-refractivity contribution in [3.8, 4) is 0 Å². The van der Waals surface area contributed by atoms with Crippen LogP contribution in [0.15, 0.2) is 0 Å². The average molecular weight is 174 g/mol. The first-order chi connectivity index (χ1) is 5.61. The van der Waals surface area contributed by atoms with Crippen LogP contribution >= 0.6 is 0 Å². The highest BCUT2D eigenvalue weighted by atomic mass is 16.8. The van der Waals surface area contributed by atoms with Gasteiger partial charge in [0.1, 0.15) is 6.10 Å². The standard InChI is InChI=1S/C8H14O4/c1-8(2)11-6-3-5(4-9)10-7(6)12-8/h5-7,9H,3-4H2,1-2H3/t5-,6-,7+/m0/s1. The summed E-state index contributed by atoms with van der Waals surface area (Å²) < 4.78 is 16.4. The molecule has 0 amide bonds. The Morgan fingerprint density at radius 1 is 1.42 bits per heavy atom. The van der Waals surface area contributed by atoms with E-state index in [2.05, 4.69) is 0 Å². The highest BCUT2D eigenvalue weighted by molar-refractivity contribution is 4.84. The predicted molar refractivity (Wildman–Crippen MR) is 40.4 cm³/mol. The Morgan fingerprint density at radius 2 is 2.17 bits per heavy atom. The molecule has 0 bridgehead atoms.